The zero-order chi connectivity index (χ0) is 14.9. The lowest BCUT2D eigenvalue weighted by atomic mass is 10.2. The monoisotopic (exact) mass is 291 g/mol. The Hall–Kier alpha value is -2.50. The van der Waals surface area contributed by atoms with Gasteiger partial charge < -0.3 is 0 Å². The largest absolute Gasteiger partial charge is 0.419 e. The van der Waals surface area contributed by atoms with E-state index in [2.05, 4.69) is 10.4 Å². The summed E-state index contributed by atoms with van der Waals surface area (Å²) in [5, 5.41) is 1.31. The molecule has 1 heterocycles. The molecule has 3 nitrogen and oxygen atoms in total. The second-order valence-corrected chi connectivity index (χ2v) is 4.68. The van der Waals surface area contributed by atoms with Crippen LogP contribution < -0.4 is 5.43 Å². The number of fused-ring (bicyclic) bond motifs is 1. The van der Waals surface area contributed by atoms with Crippen molar-refractivity contribution in [2.45, 2.75) is 6.18 Å². The topological polar surface area (TPSA) is 27.6 Å². The van der Waals surface area contributed by atoms with Crippen molar-refractivity contribution >= 4 is 11.9 Å². The molecule has 1 aliphatic heterocycles. The van der Waals surface area contributed by atoms with E-state index in [0.717, 1.165) is 23.5 Å². The molecule has 0 spiro atoms. The molecule has 0 saturated carbocycles. The maximum atomic E-state index is 12.7. The molecule has 3 rings (SSSR count). The number of nitrogens with zero attached hydrogens (tertiary/aromatic N) is 2. The average molecular weight is 291 g/mol. The predicted molar refractivity (Wildman–Crippen MR) is 76.0 cm³/mol. The van der Waals surface area contributed by atoms with Gasteiger partial charge >= 0.3 is 6.18 Å². The first kappa shape index (κ1) is 13.5. The third kappa shape index (κ3) is 2.99. The maximum absolute atomic E-state index is 12.7. The second kappa shape index (κ2) is 5.12. The summed E-state index contributed by atoms with van der Waals surface area (Å²) < 4.78 is 38.0. The van der Waals surface area contributed by atoms with Gasteiger partial charge in [0.1, 0.15) is 6.67 Å². The summed E-state index contributed by atoms with van der Waals surface area (Å²) in [6.45, 7) is 0.127. The molecule has 0 amide bonds. The molecule has 2 aliphatic carbocycles. The molecular formula is C15H12F3N3. The van der Waals surface area contributed by atoms with Crippen LogP contribution in [0.25, 0.3) is 11.1 Å². The van der Waals surface area contributed by atoms with Crippen LogP contribution in [0.15, 0.2) is 59.2 Å². The number of halogens is 3. The minimum absolute atomic E-state index is 0.127. The fourth-order valence-corrected chi connectivity index (χ4v) is 2.12. The SMILES string of the molecule is FC(F)(F)C1=CN(Nc2cccc3cccc-3c2)CN=C1. The minimum atomic E-state index is -4.40. The van der Waals surface area contributed by atoms with E-state index in [1.807, 2.05) is 36.4 Å². The molecule has 0 aromatic carbocycles. The van der Waals surface area contributed by atoms with Gasteiger partial charge in [-0.3, -0.25) is 15.4 Å². The predicted octanol–water partition coefficient (Wildman–Crippen LogP) is 3.91. The van der Waals surface area contributed by atoms with Crippen LogP contribution in [-0.4, -0.2) is 24.1 Å². The number of aliphatic imine (C=N–C) groups is 1. The van der Waals surface area contributed by atoms with Crippen LogP contribution in [0, 0.1) is 0 Å². The average Bonchev–Trinajstić information content (AvgIpc) is 2.77. The lowest BCUT2D eigenvalue weighted by Gasteiger charge is -2.24. The molecule has 0 radical (unpaired) electrons. The van der Waals surface area contributed by atoms with Crippen molar-refractivity contribution < 1.29 is 13.2 Å². The van der Waals surface area contributed by atoms with E-state index in [-0.39, 0.29) is 6.67 Å². The van der Waals surface area contributed by atoms with Crippen molar-refractivity contribution in [3.05, 3.63) is 54.2 Å². The minimum Gasteiger partial charge on any atom is -0.297 e. The van der Waals surface area contributed by atoms with Crippen molar-refractivity contribution in [1.29, 1.82) is 0 Å². The van der Waals surface area contributed by atoms with Gasteiger partial charge in [-0.25, -0.2) is 0 Å². The molecule has 0 aromatic rings. The Morgan fingerprint density at radius 2 is 1.76 bits per heavy atom. The van der Waals surface area contributed by atoms with E-state index in [1.54, 1.807) is 6.07 Å². The van der Waals surface area contributed by atoms with Crippen LogP contribution >= 0.6 is 0 Å². The molecule has 1 N–H and O–H groups in total. The molecule has 6 heteroatoms. The molecular weight excluding hydrogens is 279 g/mol. The lowest BCUT2D eigenvalue weighted by molar-refractivity contribution is -0.0868. The zero-order valence-corrected chi connectivity index (χ0v) is 10.9. The number of allylic oxidation sites excluding steroid dienone is 1. The number of anilines is 1. The Labute approximate surface area is 119 Å². The third-order valence-electron chi connectivity index (χ3n) is 3.11. The first-order valence-electron chi connectivity index (χ1n) is 6.33. The van der Waals surface area contributed by atoms with Crippen molar-refractivity contribution in [1.82, 2.24) is 5.01 Å². The van der Waals surface area contributed by atoms with E-state index in [1.165, 1.54) is 5.01 Å². The number of hydrazine groups is 1. The van der Waals surface area contributed by atoms with Gasteiger partial charge in [-0.15, -0.1) is 0 Å². The first-order chi connectivity index (χ1) is 10.0. The van der Waals surface area contributed by atoms with Crippen LogP contribution in [-0.2, 0) is 0 Å². The Morgan fingerprint density at radius 1 is 1.05 bits per heavy atom. The molecule has 21 heavy (non-hydrogen) atoms. The van der Waals surface area contributed by atoms with Crippen LogP contribution in [0.5, 0.6) is 0 Å². The Bertz CT molecular complexity index is 676. The standard InChI is InChI=1S/C15H12F3N3/c16-15(17,18)13-8-19-10-21(9-13)20-14-6-2-4-11-3-1-5-12(11)7-14/h1-9,20H,10H2. The van der Waals surface area contributed by atoms with Crippen molar-refractivity contribution in [3.63, 3.8) is 0 Å². The van der Waals surface area contributed by atoms with Gasteiger partial charge in [-0.05, 0) is 23.3 Å². The number of alkyl halides is 3. The molecule has 0 bridgehead atoms. The number of hydrogen-bond donors (Lipinski definition) is 1. The fraction of sp³-hybridized carbons (Fsp3) is 0.133. The number of rotatable bonds is 2. The van der Waals surface area contributed by atoms with Crippen LogP contribution in [0.1, 0.15) is 0 Å². The summed E-state index contributed by atoms with van der Waals surface area (Å²) >= 11 is 0. The summed E-state index contributed by atoms with van der Waals surface area (Å²) in [6, 6.07) is 13.4. The zero-order valence-electron chi connectivity index (χ0n) is 10.9. The normalized spacial score (nSPS) is 15.2. The van der Waals surface area contributed by atoms with Crippen LogP contribution in [0.4, 0.5) is 18.9 Å². The van der Waals surface area contributed by atoms with Gasteiger partial charge in [-0.2, -0.15) is 13.2 Å². The van der Waals surface area contributed by atoms with Crippen LogP contribution in [0.2, 0.25) is 0 Å². The van der Waals surface area contributed by atoms with Gasteiger partial charge in [0, 0.05) is 12.4 Å². The second-order valence-electron chi connectivity index (χ2n) is 4.68. The van der Waals surface area contributed by atoms with Gasteiger partial charge in [0.25, 0.3) is 0 Å². The van der Waals surface area contributed by atoms with E-state index < -0.39 is 11.7 Å². The Balaban J connectivity index is 1.83. The Kier molecular flexibility index (Phi) is 3.29. The van der Waals surface area contributed by atoms with Gasteiger partial charge in [0.05, 0.1) is 11.3 Å². The van der Waals surface area contributed by atoms with Crippen molar-refractivity contribution in [2.75, 3.05) is 12.1 Å². The van der Waals surface area contributed by atoms with Crippen LogP contribution in [0.3, 0.4) is 0 Å². The first-order valence-corrected chi connectivity index (χ1v) is 6.33. The highest BCUT2D eigenvalue weighted by Gasteiger charge is 2.34. The van der Waals surface area contributed by atoms with Gasteiger partial charge in [0.15, 0.2) is 0 Å². The Morgan fingerprint density at radius 3 is 2.52 bits per heavy atom. The summed E-state index contributed by atoms with van der Waals surface area (Å²) in [7, 11) is 0. The van der Waals surface area contributed by atoms with Gasteiger partial charge in [0.2, 0.25) is 0 Å². The molecule has 0 atom stereocenters. The molecule has 0 aromatic heterocycles. The summed E-state index contributed by atoms with van der Waals surface area (Å²) in [5.41, 5.74) is 4.94. The van der Waals surface area contributed by atoms with E-state index in [9.17, 15) is 13.2 Å². The molecule has 0 saturated heterocycles. The summed E-state index contributed by atoms with van der Waals surface area (Å²) in [6.07, 6.45) is -2.54. The summed E-state index contributed by atoms with van der Waals surface area (Å²) in [5.74, 6) is 0. The third-order valence-corrected chi connectivity index (χ3v) is 3.11. The molecule has 108 valence electrons. The lowest BCUT2D eigenvalue weighted by Crippen LogP contribution is -2.30. The van der Waals surface area contributed by atoms with Crippen molar-refractivity contribution in [3.8, 4) is 11.1 Å². The van der Waals surface area contributed by atoms with E-state index in [0.29, 0.717) is 5.69 Å². The van der Waals surface area contributed by atoms with Crippen molar-refractivity contribution in [2.24, 2.45) is 4.99 Å². The summed E-state index contributed by atoms with van der Waals surface area (Å²) in [4.78, 5) is 3.72. The highest BCUT2D eigenvalue weighted by molar-refractivity contribution is 5.80. The smallest absolute Gasteiger partial charge is 0.297 e. The molecule has 0 unspecified atom stereocenters. The number of nitrogens with one attached hydrogen (secondary N) is 1. The maximum Gasteiger partial charge on any atom is 0.419 e. The highest BCUT2D eigenvalue weighted by Crippen LogP contribution is 2.27. The highest BCUT2D eigenvalue weighted by atomic mass is 19.4. The quantitative estimate of drug-likeness (QED) is 0.908. The van der Waals surface area contributed by atoms with E-state index >= 15 is 0 Å². The molecule has 0 fully saturated rings. The van der Waals surface area contributed by atoms with E-state index in [4.69, 9.17) is 0 Å². The molecule has 3 aliphatic rings. The fourth-order valence-electron chi connectivity index (χ4n) is 2.12. The number of hydrogen-bond acceptors (Lipinski definition) is 3. The van der Waals surface area contributed by atoms with Gasteiger partial charge in [-0.1, -0.05) is 30.3 Å².